The van der Waals surface area contributed by atoms with Crippen LogP contribution in [0.2, 0.25) is 5.02 Å². The lowest BCUT2D eigenvalue weighted by Crippen LogP contribution is -2.22. The molecule has 0 saturated heterocycles. The van der Waals surface area contributed by atoms with Crippen LogP contribution in [0.5, 0.6) is 0 Å². The van der Waals surface area contributed by atoms with Crippen molar-refractivity contribution in [3.63, 3.8) is 0 Å². The van der Waals surface area contributed by atoms with E-state index in [2.05, 4.69) is 0 Å². The third-order valence-electron chi connectivity index (χ3n) is 3.07. The molecule has 1 aromatic carbocycles. The van der Waals surface area contributed by atoms with Crippen molar-refractivity contribution in [2.24, 2.45) is 0 Å². The van der Waals surface area contributed by atoms with Gasteiger partial charge in [-0.3, -0.25) is 9.48 Å². The summed E-state index contributed by atoms with van der Waals surface area (Å²) < 4.78 is 16.7. The molecule has 2 rings (SSSR count). The minimum Gasteiger partial charge on any atom is -0.393 e. The summed E-state index contributed by atoms with van der Waals surface area (Å²) in [6.07, 6.45) is 0.637. The van der Waals surface area contributed by atoms with Gasteiger partial charge in [0, 0.05) is 12.6 Å². The zero-order chi connectivity index (χ0) is 14.2. The molecule has 0 radical (unpaired) electrons. The average Bonchev–Trinajstić information content (AvgIpc) is 2.64. The van der Waals surface area contributed by atoms with Gasteiger partial charge in [-0.2, -0.15) is 0 Å². The summed E-state index contributed by atoms with van der Waals surface area (Å²) in [4.78, 5) is 12.2. The van der Waals surface area contributed by atoms with E-state index in [0.717, 1.165) is 5.69 Å². The van der Waals surface area contributed by atoms with Gasteiger partial charge in [0.2, 0.25) is 0 Å². The number of rotatable bonds is 3. The van der Waals surface area contributed by atoms with Gasteiger partial charge in [-0.25, -0.2) is 9.07 Å². The van der Waals surface area contributed by atoms with Crippen molar-refractivity contribution in [3.8, 4) is 5.69 Å². The number of nitrogen functional groups attached to an aromatic ring is 1. The van der Waals surface area contributed by atoms with E-state index in [1.807, 2.05) is 13.8 Å². The largest absolute Gasteiger partial charge is 0.393 e. The first-order valence-corrected chi connectivity index (χ1v) is 6.44. The Labute approximate surface area is 115 Å². The van der Waals surface area contributed by atoms with E-state index in [1.54, 1.807) is 10.7 Å². The molecule has 0 amide bonds. The van der Waals surface area contributed by atoms with Gasteiger partial charge in [0.25, 0.3) is 5.56 Å². The Morgan fingerprint density at radius 1 is 1.37 bits per heavy atom. The molecule has 1 aromatic heterocycles. The molecule has 0 unspecified atom stereocenters. The van der Waals surface area contributed by atoms with Gasteiger partial charge in [0.15, 0.2) is 0 Å². The first-order chi connectivity index (χ1) is 9.01. The minimum atomic E-state index is -0.563. The van der Waals surface area contributed by atoms with Gasteiger partial charge in [-0.05, 0) is 25.5 Å². The van der Waals surface area contributed by atoms with Crippen molar-refractivity contribution in [1.29, 1.82) is 0 Å². The van der Waals surface area contributed by atoms with E-state index in [4.69, 9.17) is 17.3 Å². The van der Waals surface area contributed by atoms with Crippen LogP contribution in [0.25, 0.3) is 5.69 Å². The normalized spacial score (nSPS) is 10.9. The van der Waals surface area contributed by atoms with Crippen molar-refractivity contribution in [2.45, 2.75) is 26.8 Å². The first kappa shape index (κ1) is 13.7. The number of benzene rings is 1. The molecule has 6 heteroatoms. The SMILES string of the molecule is CCc1c(N)c(=O)n(-c2ccc(Cl)c(F)c2)n1CC. The van der Waals surface area contributed by atoms with Crippen LogP contribution in [0, 0.1) is 5.82 Å². The number of aromatic nitrogens is 2. The summed E-state index contributed by atoms with van der Waals surface area (Å²) in [7, 11) is 0. The van der Waals surface area contributed by atoms with Gasteiger partial charge < -0.3 is 5.73 Å². The first-order valence-electron chi connectivity index (χ1n) is 6.06. The van der Waals surface area contributed by atoms with Crippen LogP contribution in [-0.2, 0) is 13.0 Å². The maximum absolute atomic E-state index is 13.5. The highest BCUT2D eigenvalue weighted by molar-refractivity contribution is 6.30. The maximum Gasteiger partial charge on any atom is 0.294 e. The second kappa shape index (κ2) is 5.09. The molecule has 102 valence electrons. The molecule has 0 spiro atoms. The van der Waals surface area contributed by atoms with E-state index in [1.165, 1.54) is 16.8 Å². The molecule has 0 saturated carbocycles. The molecule has 0 aliphatic heterocycles. The van der Waals surface area contributed by atoms with Crippen LogP contribution in [0.3, 0.4) is 0 Å². The second-order valence-electron chi connectivity index (χ2n) is 4.15. The van der Waals surface area contributed by atoms with Gasteiger partial charge in [-0.1, -0.05) is 18.5 Å². The Hall–Kier alpha value is -1.75. The summed E-state index contributed by atoms with van der Waals surface area (Å²) in [5.41, 5.74) is 6.87. The molecule has 2 aromatic rings. The predicted octanol–water partition coefficient (Wildman–Crippen LogP) is 2.60. The Morgan fingerprint density at radius 3 is 2.58 bits per heavy atom. The predicted molar refractivity (Wildman–Crippen MR) is 74.5 cm³/mol. The summed E-state index contributed by atoms with van der Waals surface area (Å²) in [6.45, 7) is 4.39. The van der Waals surface area contributed by atoms with E-state index in [0.29, 0.717) is 18.7 Å². The van der Waals surface area contributed by atoms with Gasteiger partial charge in [0.05, 0.1) is 16.4 Å². The van der Waals surface area contributed by atoms with Crippen LogP contribution in [0.1, 0.15) is 19.5 Å². The molecule has 0 bridgehead atoms. The smallest absolute Gasteiger partial charge is 0.294 e. The van der Waals surface area contributed by atoms with Crippen LogP contribution in [0.4, 0.5) is 10.1 Å². The standard InChI is InChI=1S/C13H15ClFN3O/c1-3-11-12(16)13(19)18(17(11)4-2)8-5-6-9(14)10(15)7-8/h5-7H,3-4,16H2,1-2H3. The average molecular weight is 284 g/mol. The quantitative estimate of drug-likeness (QED) is 0.941. The molecular weight excluding hydrogens is 269 g/mol. The molecule has 0 aliphatic carbocycles. The molecule has 4 nitrogen and oxygen atoms in total. The monoisotopic (exact) mass is 283 g/mol. The van der Waals surface area contributed by atoms with Crippen molar-refractivity contribution in [1.82, 2.24) is 9.36 Å². The zero-order valence-electron chi connectivity index (χ0n) is 10.8. The van der Waals surface area contributed by atoms with Crippen molar-refractivity contribution < 1.29 is 4.39 Å². The van der Waals surface area contributed by atoms with E-state index >= 15 is 0 Å². The number of nitrogens with two attached hydrogens (primary N) is 1. The molecule has 2 N–H and O–H groups in total. The number of hydrogen-bond donors (Lipinski definition) is 1. The van der Waals surface area contributed by atoms with Crippen LogP contribution < -0.4 is 11.3 Å². The van der Waals surface area contributed by atoms with Crippen LogP contribution in [0.15, 0.2) is 23.0 Å². The lowest BCUT2D eigenvalue weighted by molar-refractivity contribution is 0.547. The van der Waals surface area contributed by atoms with Crippen LogP contribution >= 0.6 is 11.6 Å². The summed E-state index contributed by atoms with van der Waals surface area (Å²) in [5.74, 6) is -0.563. The van der Waals surface area contributed by atoms with Gasteiger partial charge >= 0.3 is 0 Å². The summed E-state index contributed by atoms with van der Waals surface area (Å²) in [5, 5.41) is 0.0232. The molecule has 0 aliphatic rings. The fraction of sp³-hybridized carbons (Fsp3) is 0.308. The molecule has 0 atom stereocenters. The zero-order valence-corrected chi connectivity index (χ0v) is 11.5. The fourth-order valence-corrected chi connectivity index (χ4v) is 2.30. The van der Waals surface area contributed by atoms with Gasteiger partial charge in [0.1, 0.15) is 11.5 Å². The highest BCUT2D eigenvalue weighted by atomic mass is 35.5. The highest BCUT2D eigenvalue weighted by Gasteiger charge is 2.17. The Kier molecular flexibility index (Phi) is 3.66. The molecular formula is C13H15ClFN3O. The topological polar surface area (TPSA) is 53.0 Å². The second-order valence-corrected chi connectivity index (χ2v) is 4.55. The summed E-state index contributed by atoms with van der Waals surface area (Å²) in [6, 6.07) is 4.25. The number of nitrogens with zero attached hydrogens (tertiary/aromatic N) is 2. The lowest BCUT2D eigenvalue weighted by atomic mass is 10.3. The van der Waals surface area contributed by atoms with Crippen LogP contribution in [-0.4, -0.2) is 9.36 Å². The molecule has 1 heterocycles. The number of hydrogen-bond acceptors (Lipinski definition) is 2. The maximum atomic E-state index is 13.5. The summed E-state index contributed by atoms with van der Waals surface area (Å²) >= 11 is 5.65. The van der Waals surface area contributed by atoms with E-state index in [-0.39, 0.29) is 16.3 Å². The Bertz CT molecular complexity index is 675. The Morgan fingerprint density at radius 2 is 2.05 bits per heavy atom. The number of halogens is 2. The Balaban J connectivity index is 2.74. The molecule has 0 fully saturated rings. The van der Waals surface area contributed by atoms with E-state index < -0.39 is 5.82 Å². The lowest BCUT2D eigenvalue weighted by Gasteiger charge is -2.12. The minimum absolute atomic E-state index is 0.0232. The third kappa shape index (κ3) is 2.14. The fourth-order valence-electron chi connectivity index (χ4n) is 2.19. The third-order valence-corrected chi connectivity index (χ3v) is 3.38. The van der Waals surface area contributed by atoms with Crippen molar-refractivity contribution in [2.75, 3.05) is 5.73 Å². The highest BCUT2D eigenvalue weighted by Crippen LogP contribution is 2.19. The molecule has 19 heavy (non-hydrogen) atoms. The van der Waals surface area contributed by atoms with E-state index in [9.17, 15) is 9.18 Å². The van der Waals surface area contributed by atoms with Crippen molar-refractivity contribution >= 4 is 17.3 Å². The number of anilines is 1. The van der Waals surface area contributed by atoms with Gasteiger partial charge in [-0.15, -0.1) is 0 Å². The van der Waals surface area contributed by atoms with Crippen molar-refractivity contribution in [3.05, 3.63) is 45.1 Å².